The first-order chi connectivity index (χ1) is 20.1. The molecule has 2 aromatic carbocycles. The number of aromatic nitrogens is 2. The van der Waals surface area contributed by atoms with E-state index in [1.807, 2.05) is 0 Å². The SMILES string of the molecule is [C-]#[N+]C[C@@H]1CN(c2nc(OCCOC3CC3)nc3c2CCN(c2cccc4cccc(C)c24)C3)CCN1C(=O)C=C. The highest BCUT2D eigenvalue weighted by Gasteiger charge is 2.35. The quantitative estimate of drug-likeness (QED) is 0.224. The maximum atomic E-state index is 12.5. The van der Waals surface area contributed by atoms with Crippen LogP contribution in [0.2, 0.25) is 0 Å². The lowest BCUT2D eigenvalue weighted by molar-refractivity contribution is -0.128. The van der Waals surface area contributed by atoms with Gasteiger partial charge in [-0.3, -0.25) is 4.79 Å². The Kier molecular flexibility index (Phi) is 7.75. The number of fused-ring (bicyclic) bond motifs is 2. The highest BCUT2D eigenvalue weighted by molar-refractivity contribution is 5.97. The van der Waals surface area contributed by atoms with Crippen LogP contribution in [0.4, 0.5) is 11.5 Å². The number of carbonyl (C=O) groups excluding carboxylic acids is 1. The summed E-state index contributed by atoms with van der Waals surface area (Å²) in [5.74, 6) is 0.714. The maximum absolute atomic E-state index is 12.5. The number of aryl methyl sites for hydroxylation is 1. The number of hydrogen-bond acceptors (Lipinski definition) is 7. The van der Waals surface area contributed by atoms with Crippen molar-refractivity contribution in [2.45, 2.75) is 44.9 Å². The molecule has 0 N–H and O–H groups in total. The van der Waals surface area contributed by atoms with Gasteiger partial charge in [-0.05, 0) is 49.3 Å². The Morgan fingerprint density at radius 2 is 1.95 bits per heavy atom. The third kappa shape index (κ3) is 5.70. The van der Waals surface area contributed by atoms with Gasteiger partial charge >= 0.3 is 6.01 Å². The van der Waals surface area contributed by atoms with Crippen molar-refractivity contribution in [2.24, 2.45) is 0 Å². The first-order valence-corrected chi connectivity index (χ1v) is 14.4. The summed E-state index contributed by atoms with van der Waals surface area (Å²) in [6.07, 6.45) is 4.73. The summed E-state index contributed by atoms with van der Waals surface area (Å²) in [7, 11) is 0. The third-order valence-corrected chi connectivity index (χ3v) is 8.19. The number of benzene rings is 2. The average molecular weight is 553 g/mol. The van der Waals surface area contributed by atoms with Crippen molar-refractivity contribution in [3.05, 3.63) is 77.3 Å². The predicted molar refractivity (Wildman–Crippen MR) is 159 cm³/mol. The molecule has 0 bridgehead atoms. The number of hydrogen-bond donors (Lipinski definition) is 0. The summed E-state index contributed by atoms with van der Waals surface area (Å²) < 4.78 is 11.8. The van der Waals surface area contributed by atoms with Gasteiger partial charge in [-0.15, -0.1) is 0 Å². The van der Waals surface area contributed by atoms with Crippen molar-refractivity contribution >= 4 is 28.2 Å². The molecule has 1 atom stereocenters. The Balaban J connectivity index is 1.31. The number of ether oxygens (including phenoxy) is 2. The fourth-order valence-electron chi connectivity index (χ4n) is 5.99. The van der Waals surface area contributed by atoms with E-state index in [1.165, 1.54) is 28.1 Å². The summed E-state index contributed by atoms with van der Waals surface area (Å²) in [6, 6.07) is 13.0. The zero-order valence-corrected chi connectivity index (χ0v) is 23.6. The van der Waals surface area contributed by atoms with Crippen LogP contribution < -0.4 is 14.5 Å². The van der Waals surface area contributed by atoms with E-state index < -0.39 is 0 Å². The summed E-state index contributed by atoms with van der Waals surface area (Å²) in [6.45, 7) is 17.6. The van der Waals surface area contributed by atoms with Crippen LogP contribution in [0, 0.1) is 13.5 Å². The molecule has 1 saturated heterocycles. The average Bonchev–Trinajstić information content (AvgIpc) is 3.83. The van der Waals surface area contributed by atoms with Gasteiger partial charge in [0.1, 0.15) is 18.5 Å². The minimum atomic E-state index is -0.229. The first kappa shape index (κ1) is 27.0. The van der Waals surface area contributed by atoms with Crippen molar-refractivity contribution in [3.8, 4) is 6.01 Å². The molecule has 9 heteroatoms. The van der Waals surface area contributed by atoms with Crippen LogP contribution in [0.3, 0.4) is 0 Å². The maximum Gasteiger partial charge on any atom is 0.318 e. The van der Waals surface area contributed by atoms with Gasteiger partial charge in [0.25, 0.3) is 0 Å². The second kappa shape index (κ2) is 11.8. The molecular formula is C32H36N6O3. The van der Waals surface area contributed by atoms with Crippen LogP contribution >= 0.6 is 0 Å². The van der Waals surface area contributed by atoms with Gasteiger partial charge in [-0.2, -0.15) is 9.97 Å². The van der Waals surface area contributed by atoms with Gasteiger partial charge in [0.15, 0.2) is 0 Å². The molecule has 2 fully saturated rings. The fourth-order valence-corrected chi connectivity index (χ4v) is 5.99. The number of piperazine rings is 1. The van der Waals surface area contributed by atoms with E-state index in [9.17, 15) is 4.79 Å². The highest BCUT2D eigenvalue weighted by Crippen LogP contribution is 2.36. The normalized spacial score (nSPS) is 18.6. The molecule has 9 nitrogen and oxygen atoms in total. The third-order valence-electron chi connectivity index (χ3n) is 8.19. The molecule has 1 aromatic heterocycles. The number of nitrogens with zero attached hydrogens (tertiary/aromatic N) is 6. The fraction of sp³-hybridized carbons (Fsp3) is 0.438. The van der Waals surface area contributed by atoms with Gasteiger partial charge in [-0.25, -0.2) is 6.57 Å². The van der Waals surface area contributed by atoms with E-state index in [-0.39, 0.29) is 18.5 Å². The standard InChI is InChI=1S/C32H36N6O3/c1-4-29(39)38-16-15-37(20-24(38)19-33-3)31-26-13-14-36(28-10-6-9-23-8-5-7-22(2)30(23)28)21-27(26)34-32(35-31)41-18-17-40-25-11-12-25/h4-10,24-25H,1,11-21H2,2H3/t24-/m1/s1. The van der Waals surface area contributed by atoms with Crippen molar-refractivity contribution in [2.75, 3.05) is 55.7 Å². The molecule has 3 heterocycles. The Labute approximate surface area is 241 Å². The van der Waals surface area contributed by atoms with E-state index in [0.29, 0.717) is 51.5 Å². The number of rotatable bonds is 9. The van der Waals surface area contributed by atoms with Crippen LogP contribution in [-0.2, 0) is 22.5 Å². The zero-order chi connectivity index (χ0) is 28.3. The van der Waals surface area contributed by atoms with Crippen molar-refractivity contribution < 1.29 is 14.3 Å². The molecule has 212 valence electrons. The van der Waals surface area contributed by atoms with Crippen LogP contribution in [-0.4, -0.2) is 78.9 Å². The van der Waals surface area contributed by atoms with Crippen LogP contribution in [0.1, 0.15) is 29.7 Å². The second-order valence-corrected chi connectivity index (χ2v) is 11.0. The molecule has 1 aliphatic carbocycles. The summed E-state index contributed by atoms with van der Waals surface area (Å²) in [5.41, 5.74) is 4.53. The monoisotopic (exact) mass is 552 g/mol. The Bertz CT molecular complexity index is 1490. The van der Waals surface area contributed by atoms with Crippen LogP contribution in [0.25, 0.3) is 15.6 Å². The lowest BCUT2D eigenvalue weighted by atomic mass is 9.99. The van der Waals surface area contributed by atoms with Crippen molar-refractivity contribution in [3.63, 3.8) is 0 Å². The summed E-state index contributed by atoms with van der Waals surface area (Å²) in [5, 5.41) is 2.50. The largest absolute Gasteiger partial charge is 0.461 e. The second-order valence-electron chi connectivity index (χ2n) is 11.0. The molecule has 41 heavy (non-hydrogen) atoms. The topological polar surface area (TPSA) is 75.4 Å². The lowest BCUT2D eigenvalue weighted by Crippen LogP contribution is -2.56. The molecule has 3 aromatic rings. The van der Waals surface area contributed by atoms with Crippen LogP contribution in [0.15, 0.2) is 49.1 Å². The molecule has 3 aliphatic rings. The molecule has 0 radical (unpaired) electrons. The van der Waals surface area contributed by atoms with E-state index in [4.69, 9.17) is 26.0 Å². The van der Waals surface area contributed by atoms with Crippen molar-refractivity contribution in [1.82, 2.24) is 14.9 Å². The summed E-state index contributed by atoms with van der Waals surface area (Å²) in [4.78, 5) is 32.3. The van der Waals surface area contributed by atoms with Crippen molar-refractivity contribution in [1.29, 1.82) is 0 Å². The first-order valence-electron chi connectivity index (χ1n) is 14.4. The Hall–Kier alpha value is -4.16. The molecule has 2 aliphatic heterocycles. The summed E-state index contributed by atoms with van der Waals surface area (Å²) >= 11 is 0. The van der Waals surface area contributed by atoms with E-state index >= 15 is 0 Å². The van der Waals surface area contributed by atoms with Crippen LogP contribution in [0.5, 0.6) is 6.01 Å². The van der Waals surface area contributed by atoms with E-state index in [0.717, 1.165) is 42.9 Å². The molecule has 1 amide bonds. The molecule has 0 spiro atoms. The number of carbonyl (C=O) groups is 1. The predicted octanol–water partition coefficient (Wildman–Crippen LogP) is 4.18. The molecule has 6 rings (SSSR count). The zero-order valence-electron chi connectivity index (χ0n) is 23.6. The van der Waals surface area contributed by atoms with Gasteiger partial charge in [0.2, 0.25) is 12.5 Å². The van der Waals surface area contributed by atoms with Gasteiger partial charge in [0, 0.05) is 42.8 Å². The number of amides is 1. The van der Waals surface area contributed by atoms with E-state index in [1.54, 1.807) is 4.90 Å². The van der Waals surface area contributed by atoms with E-state index in [2.05, 4.69) is 64.5 Å². The number of anilines is 2. The smallest absolute Gasteiger partial charge is 0.318 e. The van der Waals surface area contributed by atoms with Gasteiger partial charge in [0.05, 0.1) is 24.9 Å². The molecule has 0 unspecified atom stereocenters. The Morgan fingerprint density at radius 3 is 2.73 bits per heavy atom. The van der Waals surface area contributed by atoms with Gasteiger partial charge in [-0.1, -0.05) is 36.9 Å². The molecule has 1 saturated carbocycles. The molecular weight excluding hydrogens is 516 g/mol. The minimum absolute atomic E-state index is 0.135. The Morgan fingerprint density at radius 1 is 1.12 bits per heavy atom. The van der Waals surface area contributed by atoms with Gasteiger partial charge < -0.3 is 29.0 Å². The highest BCUT2D eigenvalue weighted by atomic mass is 16.5. The minimum Gasteiger partial charge on any atom is -0.461 e. The lowest BCUT2D eigenvalue weighted by Gasteiger charge is -2.41.